The van der Waals surface area contributed by atoms with E-state index in [1.54, 1.807) is 60.0 Å². The van der Waals surface area contributed by atoms with Crippen LogP contribution in [-0.4, -0.2) is 30.4 Å². The predicted molar refractivity (Wildman–Crippen MR) is 88.5 cm³/mol. The number of fused-ring (bicyclic) bond motifs is 1. The minimum Gasteiger partial charge on any atom is -0.461 e. The number of hydrogen-bond donors (Lipinski definition) is 0. The number of sulfone groups is 1. The second kappa shape index (κ2) is 6.45. The Morgan fingerprint density at radius 2 is 1.96 bits per heavy atom. The molecule has 0 unspecified atom stereocenters. The fourth-order valence-corrected chi connectivity index (χ4v) is 3.73. The molecule has 24 heavy (non-hydrogen) atoms. The summed E-state index contributed by atoms with van der Waals surface area (Å²) < 4.78 is 31.5. The lowest BCUT2D eigenvalue weighted by Crippen LogP contribution is -2.07. The molecular formula is C17H16N2O4S. The van der Waals surface area contributed by atoms with Crippen LogP contribution in [0.5, 0.6) is 0 Å². The number of ether oxygens (including phenoxy) is 1. The Morgan fingerprint density at radius 3 is 2.67 bits per heavy atom. The third kappa shape index (κ3) is 3.30. The molecule has 0 saturated heterocycles. The zero-order valence-corrected chi connectivity index (χ0v) is 13.9. The minimum atomic E-state index is -3.42. The molecule has 0 aliphatic rings. The molecule has 0 atom stereocenters. The first-order valence-corrected chi connectivity index (χ1v) is 9.06. The van der Waals surface area contributed by atoms with Crippen molar-refractivity contribution in [3.05, 3.63) is 66.2 Å². The molecule has 0 amide bonds. The van der Waals surface area contributed by atoms with Crippen molar-refractivity contribution in [2.45, 2.75) is 17.6 Å². The molecule has 2 aromatic heterocycles. The molecule has 6 nitrogen and oxygen atoms in total. The zero-order chi connectivity index (χ0) is 17.2. The highest BCUT2D eigenvalue weighted by Crippen LogP contribution is 2.19. The Hall–Kier alpha value is -2.67. The van der Waals surface area contributed by atoms with Gasteiger partial charge in [0.15, 0.2) is 15.5 Å². The van der Waals surface area contributed by atoms with Crippen LogP contribution in [0.4, 0.5) is 0 Å². The van der Waals surface area contributed by atoms with E-state index in [0.29, 0.717) is 11.1 Å². The summed E-state index contributed by atoms with van der Waals surface area (Å²) in [5.74, 6) is -0.618. The number of aromatic nitrogens is 2. The molecule has 2 heterocycles. The Bertz CT molecular complexity index is 978. The largest absolute Gasteiger partial charge is 0.461 e. The Balaban J connectivity index is 1.90. The average molecular weight is 344 g/mol. The smallest absolute Gasteiger partial charge is 0.357 e. The first-order valence-electron chi connectivity index (χ1n) is 7.41. The SMILES string of the molecule is CCOC(=O)c1cc2cc(CS(=O)(=O)c3ccccc3)cn2cn1. The first kappa shape index (κ1) is 16.2. The highest BCUT2D eigenvalue weighted by Gasteiger charge is 2.17. The van der Waals surface area contributed by atoms with Gasteiger partial charge in [-0.1, -0.05) is 18.2 Å². The molecule has 0 aliphatic heterocycles. The maximum Gasteiger partial charge on any atom is 0.357 e. The molecule has 0 N–H and O–H groups in total. The molecule has 0 spiro atoms. The maximum atomic E-state index is 12.4. The predicted octanol–water partition coefficient (Wildman–Crippen LogP) is 2.48. The highest BCUT2D eigenvalue weighted by molar-refractivity contribution is 7.90. The molecule has 0 fully saturated rings. The van der Waals surface area contributed by atoms with Crippen LogP contribution in [0.25, 0.3) is 5.52 Å². The summed E-state index contributed by atoms with van der Waals surface area (Å²) in [5.41, 5.74) is 1.51. The molecule has 3 rings (SSSR count). The number of carbonyl (C=O) groups is 1. The summed E-state index contributed by atoms with van der Waals surface area (Å²) >= 11 is 0. The van der Waals surface area contributed by atoms with E-state index in [9.17, 15) is 13.2 Å². The van der Waals surface area contributed by atoms with E-state index in [4.69, 9.17) is 4.74 Å². The van der Waals surface area contributed by atoms with E-state index >= 15 is 0 Å². The summed E-state index contributed by atoms with van der Waals surface area (Å²) in [4.78, 5) is 16.0. The lowest BCUT2D eigenvalue weighted by atomic mass is 10.3. The van der Waals surface area contributed by atoms with Gasteiger partial charge in [0.1, 0.15) is 6.33 Å². The maximum absolute atomic E-state index is 12.4. The third-order valence-electron chi connectivity index (χ3n) is 3.49. The lowest BCUT2D eigenvalue weighted by molar-refractivity contribution is 0.0519. The number of carbonyl (C=O) groups excluding carboxylic acids is 1. The molecule has 124 valence electrons. The molecule has 0 bridgehead atoms. The Kier molecular flexibility index (Phi) is 4.35. The van der Waals surface area contributed by atoms with Gasteiger partial charge in [-0.15, -0.1) is 0 Å². The van der Waals surface area contributed by atoms with Crippen LogP contribution in [0.2, 0.25) is 0 Å². The number of benzene rings is 1. The fraction of sp³-hybridized carbons (Fsp3) is 0.176. The van der Waals surface area contributed by atoms with Crippen molar-refractivity contribution in [3.63, 3.8) is 0 Å². The summed E-state index contributed by atoms with van der Waals surface area (Å²) in [5, 5.41) is 0. The summed E-state index contributed by atoms with van der Waals surface area (Å²) in [6.07, 6.45) is 3.16. The van der Waals surface area contributed by atoms with Gasteiger partial charge in [-0.2, -0.15) is 0 Å². The molecule has 0 saturated carbocycles. The fourth-order valence-electron chi connectivity index (χ4n) is 2.40. The van der Waals surface area contributed by atoms with Crippen LogP contribution in [0, 0.1) is 0 Å². The van der Waals surface area contributed by atoms with Crippen molar-refractivity contribution < 1.29 is 17.9 Å². The second-order valence-corrected chi connectivity index (χ2v) is 7.24. The van der Waals surface area contributed by atoms with Gasteiger partial charge in [0.05, 0.1) is 17.3 Å². The van der Waals surface area contributed by atoms with Crippen LogP contribution < -0.4 is 0 Å². The van der Waals surface area contributed by atoms with Gasteiger partial charge < -0.3 is 9.14 Å². The van der Waals surface area contributed by atoms with E-state index in [1.807, 2.05) is 0 Å². The van der Waals surface area contributed by atoms with Gasteiger partial charge in [-0.3, -0.25) is 0 Å². The van der Waals surface area contributed by atoms with Gasteiger partial charge in [-0.25, -0.2) is 18.2 Å². The first-order chi connectivity index (χ1) is 11.5. The Labute approximate surface area is 139 Å². The van der Waals surface area contributed by atoms with E-state index in [0.717, 1.165) is 0 Å². The monoisotopic (exact) mass is 344 g/mol. The summed E-state index contributed by atoms with van der Waals surface area (Å²) in [6, 6.07) is 11.6. The standard InChI is InChI=1S/C17H16N2O4S/c1-2-23-17(20)16-9-14-8-13(10-19(14)12-18-16)11-24(21,22)15-6-4-3-5-7-15/h3-10,12H,2,11H2,1H3. The number of rotatable bonds is 5. The molecule has 1 aromatic carbocycles. The van der Waals surface area contributed by atoms with Crippen LogP contribution in [0.1, 0.15) is 23.0 Å². The molecule has 0 radical (unpaired) electrons. The van der Waals surface area contributed by atoms with Gasteiger partial charge >= 0.3 is 5.97 Å². The van der Waals surface area contributed by atoms with Crippen molar-refractivity contribution in [2.75, 3.05) is 6.61 Å². The van der Waals surface area contributed by atoms with Gasteiger partial charge in [0.2, 0.25) is 0 Å². The van der Waals surface area contributed by atoms with Crippen LogP contribution in [-0.2, 0) is 20.3 Å². The molecule has 7 heteroatoms. The van der Waals surface area contributed by atoms with Crippen molar-refractivity contribution >= 4 is 21.3 Å². The lowest BCUT2D eigenvalue weighted by Gasteiger charge is -2.02. The number of hydrogen-bond acceptors (Lipinski definition) is 5. The quantitative estimate of drug-likeness (QED) is 0.665. The molecule has 3 aromatic rings. The molecular weight excluding hydrogens is 328 g/mol. The van der Waals surface area contributed by atoms with Crippen LogP contribution in [0.15, 0.2) is 59.9 Å². The topological polar surface area (TPSA) is 77.7 Å². The van der Waals surface area contributed by atoms with Gasteiger partial charge in [0.25, 0.3) is 0 Å². The second-order valence-electron chi connectivity index (χ2n) is 5.25. The van der Waals surface area contributed by atoms with Crippen LogP contribution in [0.3, 0.4) is 0 Å². The summed E-state index contributed by atoms with van der Waals surface area (Å²) in [6.45, 7) is 1.99. The van der Waals surface area contributed by atoms with E-state index in [-0.39, 0.29) is 22.9 Å². The number of nitrogens with zero attached hydrogens (tertiary/aromatic N) is 2. The normalized spacial score (nSPS) is 11.5. The minimum absolute atomic E-state index is 0.118. The van der Waals surface area contributed by atoms with Gasteiger partial charge in [-0.05, 0) is 36.8 Å². The van der Waals surface area contributed by atoms with E-state index < -0.39 is 15.8 Å². The van der Waals surface area contributed by atoms with Crippen LogP contribution >= 0.6 is 0 Å². The molecule has 0 aliphatic carbocycles. The summed E-state index contributed by atoms with van der Waals surface area (Å²) in [7, 11) is -3.42. The van der Waals surface area contributed by atoms with Crippen molar-refractivity contribution in [1.82, 2.24) is 9.38 Å². The van der Waals surface area contributed by atoms with E-state index in [1.165, 1.54) is 6.33 Å². The van der Waals surface area contributed by atoms with Crippen molar-refractivity contribution in [1.29, 1.82) is 0 Å². The average Bonchev–Trinajstić information content (AvgIpc) is 2.96. The Morgan fingerprint density at radius 1 is 1.21 bits per heavy atom. The zero-order valence-electron chi connectivity index (χ0n) is 13.0. The number of esters is 1. The van der Waals surface area contributed by atoms with Gasteiger partial charge in [0, 0.05) is 11.7 Å². The van der Waals surface area contributed by atoms with Crippen molar-refractivity contribution in [3.8, 4) is 0 Å². The van der Waals surface area contributed by atoms with Crippen molar-refractivity contribution in [2.24, 2.45) is 0 Å². The van der Waals surface area contributed by atoms with E-state index in [2.05, 4.69) is 4.98 Å². The third-order valence-corrected chi connectivity index (χ3v) is 5.19. The highest BCUT2D eigenvalue weighted by atomic mass is 32.2.